The molecule has 106 valence electrons. The number of ether oxygens (including phenoxy) is 2. The Morgan fingerprint density at radius 1 is 1.42 bits per heavy atom. The van der Waals surface area contributed by atoms with Crippen molar-refractivity contribution in [2.75, 3.05) is 44.0 Å². The van der Waals surface area contributed by atoms with Gasteiger partial charge >= 0.3 is 5.97 Å². The summed E-state index contributed by atoms with van der Waals surface area (Å²) in [5.41, 5.74) is 6.65. The van der Waals surface area contributed by atoms with Crippen molar-refractivity contribution in [3.8, 4) is 0 Å². The Kier molecular flexibility index (Phi) is 6.08. The van der Waals surface area contributed by atoms with Crippen LogP contribution in [0.5, 0.6) is 0 Å². The summed E-state index contributed by atoms with van der Waals surface area (Å²) < 4.78 is 10.2. The number of carbonyl (C=O) groups excluding carboxylic acids is 1. The van der Waals surface area contributed by atoms with Crippen LogP contribution in [-0.2, 0) is 9.47 Å². The van der Waals surface area contributed by atoms with Gasteiger partial charge in [0.25, 0.3) is 0 Å². The van der Waals surface area contributed by atoms with Crippen molar-refractivity contribution in [1.82, 2.24) is 4.98 Å². The molecule has 1 aromatic rings. The summed E-state index contributed by atoms with van der Waals surface area (Å²) in [4.78, 5) is 17.8. The van der Waals surface area contributed by atoms with Crippen LogP contribution in [0.2, 0.25) is 0 Å². The van der Waals surface area contributed by atoms with Gasteiger partial charge in [-0.3, -0.25) is 0 Å². The Hall–Kier alpha value is -1.82. The minimum atomic E-state index is -0.429. The lowest BCUT2D eigenvalue weighted by atomic mass is 10.2. The van der Waals surface area contributed by atoms with E-state index in [-0.39, 0.29) is 0 Å². The van der Waals surface area contributed by atoms with Gasteiger partial charge in [-0.05, 0) is 19.9 Å². The van der Waals surface area contributed by atoms with Gasteiger partial charge in [0, 0.05) is 26.4 Å². The first kappa shape index (κ1) is 15.2. The molecule has 1 rings (SSSR count). The number of carbonyl (C=O) groups is 1. The first-order valence-electron chi connectivity index (χ1n) is 6.32. The summed E-state index contributed by atoms with van der Waals surface area (Å²) in [6.45, 7) is 5.91. The van der Waals surface area contributed by atoms with Gasteiger partial charge in [-0.1, -0.05) is 0 Å². The average molecular weight is 267 g/mol. The molecule has 0 unspecified atom stereocenters. The molecule has 2 N–H and O–H groups in total. The summed E-state index contributed by atoms with van der Waals surface area (Å²) >= 11 is 0. The van der Waals surface area contributed by atoms with E-state index in [9.17, 15) is 4.79 Å². The molecular weight excluding hydrogens is 246 g/mol. The molecule has 6 nitrogen and oxygen atoms in total. The Morgan fingerprint density at radius 3 is 2.79 bits per heavy atom. The minimum Gasteiger partial charge on any atom is -0.462 e. The van der Waals surface area contributed by atoms with Crippen LogP contribution in [0.25, 0.3) is 0 Å². The predicted octanol–water partition coefficient (Wildman–Crippen LogP) is 1.31. The number of rotatable bonds is 7. The third-order valence-electron chi connectivity index (χ3n) is 2.60. The van der Waals surface area contributed by atoms with Crippen molar-refractivity contribution in [3.63, 3.8) is 0 Å². The zero-order chi connectivity index (χ0) is 14.3. The van der Waals surface area contributed by atoms with E-state index in [1.165, 1.54) is 0 Å². The van der Waals surface area contributed by atoms with Crippen LogP contribution in [0.4, 0.5) is 11.5 Å². The number of nitrogens with zero attached hydrogens (tertiary/aromatic N) is 2. The second-order valence-corrected chi connectivity index (χ2v) is 3.93. The Bertz CT molecular complexity index is 424. The van der Waals surface area contributed by atoms with E-state index >= 15 is 0 Å². The molecule has 0 amide bonds. The number of nitrogen functional groups attached to an aromatic ring is 1. The number of hydrogen-bond donors (Lipinski definition) is 1. The largest absolute Gasteiger partial charge is 0.462 e. The number of nitrogens with two attached hydrogens (primary N) is 1. The van der Waals surface area contributed by atoms with Crippen LogP contribution in [0.1, 0.15) is 24.2 Å². The molecule has 19 heavy (non-hydrogen) atoms. The van der Waals surface area contributed by atoms with Crippen LogP contribution in [0.15, 0.2) is 12.3 Å². The zero-order valence-electron chi connectivity index (χ0n) is 11.7. The molecule has 0 aromatic carbocycles. The van der Waals surface area contributed by atoms with Crippen LogP contribution < -0.4 is 10.6 Å². The molecule has 0 aliphatic carbocycles. The van der Waals surface area contributed by atoms with Crippen LogP contribution in [0, 0.1) is 0 Å². The number of hydrogen-bond acceptors (Lipinski definition) is 6. The summed E-state index contributed by atoms with van der Waals surface area (Å²) in [7, 11) is 1.85. The number of anilines is 2. The maximum Gasteiger partial charge on any atom is 0.340 e. The standard InChI is InChI=1S/C13H21N3O3/c1-4-18-9-8-16(3)12-11(14)10(6-7-15-12)13(17)19-5-2/h6-7H,4-5,8-9,14H2,1-3H3. The number of aromatic nitrogens is 1. The molecule has 0 aliphatic heterocycles. The van der Waals surface area contributed by atoms with E-state index in [2.05, 4.69) is 4.98 Å². The monoisotopic (exact) mass is 267 g/mol. The number of pyridine rings is 1. The van der Waals surface area contributed by atoms with Crippen LogP contribution >= 0.6 is 0 Å². The molecule has 1 heterocycles. The van der Waals surface area contributed by atoms with Crippen molar-refractivity contribution in [3.05, 3.63) is 17.8 Å². The first-order valence-corrected chi connectivity index (χ1v) is 6.32. The molecule has 0 radical (unpaired) electrons. The van der Waals surface area contributed by atoms with Gasteiger partial charge in [0.2, 0.25) is 0 Å². The fraction of sp³-hybridized carbons (Fsp3) is 0.538. The lowest BCUT2D eigenvalue weighted by Gasteiger charge is -2.20. The SMILES string of the molecule is CCOCCN(C)c1nccc(C(=O)OCC)c1N. The Balaban J connectivity index is 2.84. The highest BCUT2D eigenvalue weighted by atomic mass is 16.5. The lowest BCUT2D eigenvalue weighted by Crippen LogP contribution is -2.25. The Morgan fingerprint density at radius 2 is 2.16 bits per heavy atom. The minimum absolute atomic E-state index is 0.316. The second-order valence-electron chi connectivity index (χ2n) is 3.93. The summed E-state index contributed by atoms with van der Waals surface area (Å²) in [5.74, 6) is 0.132. The van der Waals surface area contributed by atoms with Gasteiger partial charge in [0.15, 0.2) is 5.82 Å². The van der Waals surface area contributed by atoms with Crippen molar-refractivity contribution in [2.24, 2.45) is 0 Å². The smallest absolute Gasteiger partial charge is 0.340 e. The topological polar surface area (TPSA) is 77.7 Å². The molecule has 0 saturated carbocycles. The quantitative estimate of drug-likeness (QED) is 0.593. The van der Waals surface area contributed by atoms with E-state index in [1.807, 2.05) is 18.9 Å². The molecule has 0 saturated heterocycles. The third kappa shape index (κ3) is 4.10. The number of likely N-dealkylation sites (N-methyl/N-ethyl adjacent to an activating group) is 1. The fourth-order valence-electron chi connectivity index (χ4n) is 1.60. The summed E-state index contributed by atoms with van der Waals surface area (Å²) in [6.07, 6.45) is 1.55. The Labute approximate surface area is 113 Å². The van der Waals surface area contributed by atoms with Crippen LogP contribution in [0.3, 0.4) is 0 Å². The van der Waals surface area contributed by atoms with E-state index in [0.717, 1.165) is 0 Å². The second kappa shape index (κ2) is 7.58. The van der Waals surface area contributed by atoms with Gasteiger partial charge in [-0.15, -0.1) is 0 Å². The molecule has 0 aliphatic rings. The normalized spacial score (nSPS) is 10.3. The predicted molar refractivity (Wildman–Crippen MR) is 74.4 cm³/mol. The summed E-state index contributed by atoms with van der Waals surface area (Å²) in [5, 5.41) is 0. The molecule has 0 spiro atoms. The van der Waals surface area contributed by atoms with Gasteiger partial charge in [0.1, 0.15) is 0 Å². The fourth-order valence-corrected chi connectivity index (χ4v) is 1.60. The van der Waals surface area contributed by atoms with Gasteiger partial charge in [-0.2, -0.15) is 0 Å². The van der Waals surface area contributed by atoms with Crippen molar-refractivity contribution < 1.29 is 14.3 Å². The molecule has 1 aromatic heterocycles. The highest BCUT2D eigenvalue weighted by molar-refractivity contribution is 5.97. The van der Waals surface area contributed by atoms with Gasteiger partial charge in [0.05, 0.1) is 24.5 Å². The number of esters is 1. The van der Waals surface area contributed by atoms with Gasteiger partial charge < -0.3 is 20.1 Å². The molecule has 0 bridgehead atoms. The molecule has 6 heteroatoms. The van der Waals surface area contributed by atoms with E-state index < -0.39 is 5.97 Å². The van der Waals surface area contributed by atoms with Gasteiger partial charge in [-0.25, -0.2) is 9.78 Å². The van der Waals surface area contributed by atoms with E-state index in [0.29, 0.717) is 43.4 Å². The molecule has 0 atom stereocenters. The molecular formula is C13H21N3O3. The average Bonchev–Trinajstić information content (AvgIpc) is 2.39. The van der Waals surface area contributed by atoms with E-state index in [1.54, 1.807) is 19.2 Å². The van der Waals surface area contributed by atoms with E-state index in [4.69, 9.17) is 15.2 Å². The van der Waals surface area contributed by atoms with Crippen molar-refractivity contribution in [1.29, 1.82) is 0 Å². The lowest BCUT2D eigenvalue weighted by molar-refractivity contribution is 0.0527. The van der Waals surface area contributed by atoms with Crippen molar-refractivity contribution >= 4 is 17.5 Å². The highest BCUT2D eigenvalue weighted by Gasteiger charge is 2.16. The molecule has 0 fully saturated rings. The van der Waals surface area contributed by atoms with Crippen LogP contribution in [-0.4, -0.2) is 44.4 Å². The first-order chi connectivity index (χ1) is 9.11. The zero-order valence-corrected chi connectivity index (χ0v) is 11.7. The third-order valence-corrected chi connectivity index (χ3v) is 2.60. The highest BCUT2D eigenvalue weighted by Crippen LogP contribution is 2.23. The maximum absolute atomic E-state index is 11.7. The maximum atomic E-state index is 11.7. The summed E-state index contributed by atoms with van der Waals surface area (Å²) in [6, 6.07) is 1.56. The van der Waals surface area contributed by atoms with Crippen molar-refractivity contribution in [2.45, 2.75) is 13.8 Å².